The first-order valence-corrected chi connectivity index (χ1v) is 8.26. The number of fused-ring (bicyclic) bond motifs is 1. The Kier molecular flexibility index (Phi) is 5.38. The van der Waals surface area contributed by atoms with Crippen molar-refractivity contribution in [3.05, 3.63) is 34.9 Å². The van der Waals surface area contributed by atoms with E-state index in [0.29, 0.717) is 42.5 Å². The van der Waals surface area contributed by atoms with Crippen molar-refractivity contribution in [1.82, 2.24) is 19.5 Å². The summed E-state index contributed by atoms with van der Waals surface area (Å²) in [4.78, 5) is 12.9. The summed E-state index contributed by atoms with van der Waals surface area (Å²) in [5.74, 6) is 0.200. The molecule has 0 bridgehead atoms. The van der Waals surface area contributed by atoms with Crippen LogP contribution < -0.4 is 15.2 Å². The van der Waals surface area contributed by atoms with Crippen molar-refractivity contribution >= 4 is 17.0 Å². The molecule has 0 spiro atoms. The molecule has 140 valence electrons. The summed E-state index contributed by atoms with van der Waals surface area (Å²) < 4.78 is 17.6. The number of anilines is 1. The zero-order chi connectivity index (χ0) is 19.4. The number of nitrogens with zero attached hydrogens (tertiary/aromatic N) is 5. The van der Waals surface area contributed by atoms with Crippen LogP contribution in [0.3, 0.4) is 0 Å². The lowest BCUT2D eigenvalue weighted by molar-refractivity contribution is 0.141. The van der Waals surface area contributed by atoms with Crippen molar-refractivity contribution in [3.63, 3.8) is 0 Å². The van der Waals surface area contributed by atoms with E-state index in [1.807, 2.05) is 25.1 Å². The van der Waals surface area contributed by atoms with Gasteiger partial charge in [-0.1, -0.05) is 12.1 Å². The van der Waals surface area contributed by atoms with Gasteiger partial charge in [0.2, 0.25) is 0 Å². The molecule has 27 heavy (non-hydrogen) atoms. The van der Waals surface area contributed by atoms with Crippen LogP contribution >= 0.6 is 0 Å². The van der Waals surface area contributed by atoms with Crippen LogP contribution in [-0.2, 0) is 11.3 Å². The molecule has 0 aliphatic heterocycles. The Balaban J connectivity index is 2.03. The van der Waals surface area contributed by atoms with Gasteiger partial charge in [-0.05, 0) is 24.1 Å². The topological polar surface area (TPSA) is 121 Å². The molecule has 0 radical (unpaired) electrons. The molecule has 2 heterocycles. The molecular formula is C18H20N6O3. The van der Waals surface area contributed by atoms with E-state index in [1.54, 1.807) is 11.7 Å². The third-order valence-corrected chi connectivity index (χ3v) is 4.03. The zero-order valence-corrected chi connectivity index (χ0v) is 15.4. The van der Waals surface area contributed by atoms with Crippen molar-refractivity contribution in [3.8, 4) is 18.1 Å². The summed E-state index contributed by atoms with van der Waals surface area (Å²) in [7, 11) is 3.10. The van der Waals surface area contributed by atoms with E-state index < -0.39 is 0 Å². The van der Waals surface area contributed by atoms with E-state index in [-0.39, 0.29) is 11.8 Å². The first kappa shape index (κ1) is 18.4. The fourth-order valence-electron chi connectivity index (χ4n) is 2.63. The monoisotopic (exact) mass is 368 g/mol. The van der Waals surface area contributed by atoms with Gasteiger partial charge in [0.05, 0.1) is 31.9 Å². The number of ether oxygens (including phenoxy) is 3. The summed E-state index contributed by atoms with van der Waals surface area (Å²) >= 11 is 0. The van der Waals surface area contributed by atoms with Crippen LogP contribution in [0, 0.1) is 18.3 Å². The third-order valence-electron chi connectivity index (χ3n) is 4.03. The lowest BCUT2D eigenvalue weighted by atomic mass is 10.1. The van der Waals surface area contributed by atoms with E-state index in [0.717, 1.165) is 11.1 Å². The molecule has 9 heteroatoms. The molecule has 1 aromatic carbocycles. The predicted octanol–water partition coefficient (Wildman–Crippen LogP) is 1.67. The second-order valence-electron chi connectivity index (χ2n) is 5.85. The number of hydrogen-bond donors (Lipinski definition) is 1. The SMILES string of the molecule is COCCOc1nc(N)c2nc(OC)n(Cc3ccc(C)c(C#N)c3)c2n1. The Bertz CT molecular complexity index is 1010. The minimum atomic E-state index is 0.141. The Morgan fingerprint density at radius 3 is 2.70 bits per heavy atom. The number of imidazole rings is 1. The molecule has 3 aromatic rings. The first-order chi connectivity index (χ1) is 13.1. The zero-order valence-electron chi connectivity index (χ0n) is 15.4. The average Bonchev–Trinajstić information content (AvgIpc) is 3.01. The highest BCUT2D eigenvalue weighted by Gasteiger charge is 2.18. The van der Waals surface area contributed by atoms with E-state index in [9.17, 15) is 5.26 Å². The van der Waals surface area contributed by atoms with Gasteiger partial charge >= 0.3 is 6.01 Å². The maximum atomic E-state index is 9.26. The molecule has 0 saturated carbocycles. The molecule has 0 saturated heterocycles. The Labute approximate surface area is 156 Å². The number of benzene rings is 1. The summed E-state index contributed by atoms with van der Waals surface area (Å²) in [6.07, 6.45) is 0. The molecule has 0 fully saturated rings. The van der Waals surface area contributed by atoms with Gasteiger partial charge in [-0.15, -0.1) is 0 Å². The van der Waals surface area contributed by atoms with Gasteiger partial charge < -0.3 is 19.9 Å². The highest BCUT2D eigenvalue weighted by Crippen LogP contribution is 2.26. The van der Waals surface area contributed by atoms with E-state index in [2.05, 4.69) is 21.0 Å². The molecule has 0 aliphatic carbocycles. The fourth-order valence-corrected chi connectivity index (χ4v) is 2.63. The summed E-state index contributed by atoms with van der Waals surface area (Å²) in [5.41, 5.74) is 9.39. The highest BCUT2D eigenvalue weighted by molar-refractivity contribution is 5.83. The average molecular weight is 368 g/mol. The molecule has 9 nitrogen and oxygen atoms in total. The number of methoxy groups -OCH3 is 2. The van der Waals surface area contributed by atoms with Crippen LogP contribution in [0.1, 0.15) is 16.7 Å². The van der Waals surface area contributed by atoms with Crippen molar-refractivity contribution in [2.24, 2.45) is 0 Å². The number of hydrogen-bond acceptors (Lipinski definition) is 8. The Hall–Kier alpha value is -3.38. The summed E-state index contributed by atoms with van der Waals surface area (Å²) in [6, 6.07) is 8.37. The van der Waals surface area contributed by atoms with E-state index in [4.69, 9.17) is 19.9 Å². The van der Waals surface area contributed by atoms with Crippen LogP contribution in [0.25, 0.3) is 11.2 Å². The van der Waals surface area contributed by atoms with Crippen LogP contribution in [0.15, 0.2) is 18.2 Å². The van der Waals surface area contributed by atoms with Crippen molar-refractivity contribution in [2.75, 3.05) is 33.2 Å². The molecule has 2 N–H and O–H groups in total. The minimum absolute atomic E-state index is 0.141. The number of nitrogens with two attached hydrogens (primary N) is 1. The van der Waals surface area contributed by atoms with Crippen LogP contribution in [-0.4, -0.2) is 47.0 Å². The maximum Gasteiger partial charge on any atom is 0.320 e. The highest BCUT2D eigenvalue weighted by atomic mass is 16.5. The fraction of sp³-hybridized carbons (Fsp3) is 0.333. The minimum Gasteiger partial charge on any atom is -0.468 e. The molecule has 3 rings (SSSR count). The maximum absolute atomic E-state index is 9.26. The number of nitrogen functional groups attached to an aromatic ring is 1. The van der Waals surface area contributed by atoms with Gasteiger partial charge in [0.25, 0.3) is 6.01 Å². The third kappa shape index (κ3) is 3.75. The van der Waals surface area contributed by atoms with Gasteiger partial charge in [-0.25, -0.2) is 0 Å². The molecule has 0 amide bonds. The van der Waals surface area contributed by atoms with E-state index in [1.165, 1.54) is 7.11 Å². The molecule has 0 aliphatic rings. The van der Waals surface area contributed by atoms with Crippen LogP contribution in [0.4, 0.5) is 5.82 Å². The quantitative estimate of drug-likeness (QED) is 0.625. The lowest BCUT2D eigenvalue weighted by Gasteiger charge is -2.09. The standard InChI is InChI=1S/C18H20N6O3/c1-11-4-5-12(8-13(11)9-19)10-24-16-14(21-18(24)26-3)15(20)22-17(23-16)27-7-6-25-2/h4-5,8H,6-7,10H2,1-3H3,(H2,20,22,23). The van der Waals surface area contributed by atoms with Crippen LogP contribution in [0.2, 0.25) is 0 Å². The number of aromatic nitrogens is 4. The van der Waals surface area contributed by atoms with Gasteiger partial charge in [0.1, 0.15) is 6.61 Å². The normalized spacial score (nSPS) is 10.7. The Morgan fingerprint density at radius 2 is 2.00 bits per heavy atom. The van der Waals surface area contributed by atoms with Gasteiger partial charge in [-0.3, -0.25) is 4.57 Å². The second kappa shape index (κ2) is 7.88. The largest absolute Gasteiger partial charge is 0.468 e. The lowest BCUT2D eigenvalue weighted by Crippen LogP contribution is -2.09. The predicted molar refractivity (Wildman–Crippen MR) is 98.7 cm³/mol. The summed E-state index contributed by atoms with van der Waals surface area (Å²) in [5, 5.41) is 9.26. The molecule has 2 aromatic heterocycles. The van der Waals surface area contributed by atoms with Crippen molar-refractivity contribution in [1.29, 1.82) is 5.26 Å². The van der Waals surface area contributed by atoms with Gasteiger partial charge in [-0.2, -0.15) is 20.2 Å². The number of aryl methyl sites for hydroxylation is 1. The smallest absolute Gasteiger partial charge is 0.320 e. The van der Waals surface area contributed by atoms with Crippen molar-refractivity contribution < 1.29 is 14.2 Å². The molecular weight excluding hydrogens is 348 g/mol. The number of rotatable bonds is 7. The Morgan fingerprint density at radius 1 is 1.19 bits per heavy atom. The van der Waals surface area contributed by atoms with Crippen LogP contribution in [0.5, 0.6) is 12.0 Å². The van der Waals surface area contributed by atoms with Crippen molar-refractivity contribution in [2.45, 2.75) is 13.5 Å². The second-order valence-corrected chi connectivity index (χ2v) is 5.85. The van der Waals surface area contributed by atoms with Gasteiger partial charge in [0.15, 0.2) is 17.0 Å². The molecule has 0 atom stereocenters. The van der Waals surface area contributed by atoms with Gasteiger partial charge in [0, 0.05) is 7.11 Å². The number of nitriles is 1. The summed E-state index contributed by atoms with van der Waals surface area (Å²) in [6.45, 7) is 3.01. The van der Waals surface area contributed by atoms with E-state index >= 15 is 0 Å². The first-order valence-electron chi connectivity index (χ1n) is 8.26. The molecule has 0 unspecified atom stereocenters.